The molecule has 0 aromatic heterocycles. The molecule has 0 fully saturated rings. The van der Waals surface area contributed by atoms with Crippen molar-refractivity contribution in [1.29, 1.82) is 0 Å². The van der Waals surface area contributed by atoms with Crippen molar-refractivity contribution in [1.82, 2.24) is 4.90 Å². The molecule has 0 bridgehead atoms. The molecule has 76 valence electrons. The fraction of sp³-hybridized carbons (Fsp3) is 0.571. The number of hydrogen-bond acceptors (Lipinski definition) is 3. The number of carboxylic acids is 2. The van der Waals surface area contributed by atoms with Crippen molar-refractivity contribution in [2.24, 2.45) is 5.92 Å². The Morgan fingerprint density at radius 1 is 1.23 bits per heavy atom. The number of nitrogens with zero attached hydrogens (tertiary/aromatic N) is 1. The summed E-state index contributed by atoms with van der Waals surface area (Å²) in [5.74, 6) is -3.91. The molecule has 0 aromatic carbocycles. The van der Waals surface area contributed by atoms with Crippen LogP contribution in [0.15, 0.2) is 0 Å². The highest BCUT2D eigenvalue weighted by Crippen LogP contribution is 1.91. The first kappa shape index (κ1) is 14.0. The van der Waals surface area contributed by atoms with Crippen LogP contribution in [-0.4, -0.2) is 47.6 Å². The number of amides is 1. The van der Waals surface area contributed by atoms with Crippen LogP contribution in [0.3, 0.4) is 0 Å². The maximum absolute atomic E-state index is 9.76. The highest BCUT2D eigenvalue weighted by molar-refractivity contribution is 5.92. The van der Waals surface area contributed by atoms with E-state index >= 15 is 0 Å². The molecule has 0 heterocycles. The summed E-state index contributed by atoms with van der Waals surface area (Å²) in [6.45, 7) is 1.12. The number of carbonyl (C=O) groups excluding carboxylic acids is 1. The van der Waals surface area contributed by atoms with E-state index in [0.717, 1.165) is 13.3 Å². The van der Waals surface area contributed by atoms with Gasteiger partial charge in [-0.2, -0.15) is 0 Å². The molecular formula is C7H13NO5. The summed E-state index contributed by atoms with van der Waals surface area (Å²) in [4.78, 5) is 30.4. The molecule has 0 unspecified atom stereocenters. The average Bonchev–Trinajstić information content (AvgIpc) is 2.03. The first-order valence-electron chi connectivity index (χ1n) is 3.40. The summed E-state index contributed by atoms with van der Waals surface area (Å²) in [6, 6.07) is 0. The van der Waals surface area contributed by atoms with Crippen molar-refractivity contribution >= 4 is 18.3 Å². The third-order valence-corrected chi connectivity index (χ3v) is 0.952. The molecule has 0 spiro atoms. The SMILES string of the molecule is CC(C(=O)O)C(=O)O.CN(C)C=O. The minimum absolute atomic E-state index is 0.750. The van der Waals surface area contributed by atoms with Crippen molar-refractivity contribution in [2.75, 3.05) is 14.1 Å². The Labute approximate surface area is 75.8 Å². The molecule has 0 saturated heterocycles. The minimum Gasteiger partial charge on any atom is -0.481 e. The molecule has 2 N–H and O–H groups in total. The van der Waals surface area contributed by atoms with Crippen LogP contribution in [0, 0.1) is 5.92 Å². The summed E-state index contributed by atoms with van der Waals surface area (Å²) in [5.41, 5.74) is 0. The van der Waals surface area contributed by atoms with Crippen LogP contribution in [0.4, 0.5) is 0 Å². The van der Waals surface area contributed by atoms with Crippen molar-refractivity contribution in [3.8, 4) is 0 Å². The molecule has 0 rings (SSSR count). The third-order valence-electron chi connectivity index (χ3n) is 0.952. The number of hydrogen-bond donors (Lipinski definition) is 2. The lowest BCUT2D eigenvalue weighted by Crippen LogP contribution is -2.19. The van der Waals surface area contributed by atoms with Gasteiger partial charge in [0.1, 0.15) is 0 Å². The molecule has 0 radical (unpaired) electrons. The average molecular weight is 191 g/mol. The molecule has 13 heavy (non-hydrogen) atoms. The predicted molar refractivity (Wildman–Crippen MR) is 44.2 cm³/mol. The van der Waals surface area contributed by atoms with Gasteiger partial charge in [-0.15, -0.1) is 0 Å². The maximum atomic E-state index is 9.76. The Morgan fingerprint density at radius 3 is 1.46 bits per heavy atom. The topological polar surface area (TPSA) is 94.9 Å². The van der Waals surface area contributed by atoms with Gasteiger partial charge in [0, 0.05) is 14.1 Å². The molecule has 6 heteroatoms. The summed E-state index contributed by atoms with van der Waals surface area (Å²) in [6.07, 6.45) is 0.750. The van der Waals surface area contributed by atoms with Crippen molar-refractivity contribution < 1.29 is 24.6 Å². The molecule has 0 aliphatic rings. The summed E-state index contributed by atoms with van der Waals surface area (Å²) in [7, 11) is 3.38. The van der Waals surface area contributed by atoms with Gasteiger partial charge in [-0.25, -0.2) is 0 Å². The van der Waals surface area contributed by atoms with Gasteiger partial charge in [0.05, 0.1) is 0 Å². The Balaban J connectivity index is 0. The van der Waals surface area contributed by atoms with E-state index in [1.54, 1.807) is 14.1 Å². The van der Waals surface area contributed by atoms with E-state index in [9.17, 15) is 14.4 Å². The van der Waals surface area contributed by atoms with Gasteiger partial charge in [-0.3, -0.25) is 14.4 Å². The fourth-order valence-corrected chi connectivity index (χ4v) is 0.106. The Kier molecular flexibility index (Phi) is 7.61. The second-order valence-corrected chi connectivity index (χ2v) is 2.47. The first-order chi connectivity index (χ1) is 5.82. The molecular weight excluding hydrogens is 178 g/mol. The van der Waals surface area contributed by atoms with Crippen molar-refractivity contribution in [3.63, 3.8) is 0 Å². The van der Waals surface area contributed by atoms with Gasteiger partial charge < -0.3 is 15.1 Å². The maximum Gasteiger partial charge on any atom is 0.317 e. The smallest absolute Gasteiger partial charge is 0.317 e. The van der Waals surface area contributed by atoms with Gasteiger partial charge in [0.2, 0.25) is 6.41 Å². The fourth-order valence-electron chi connectivity index (χ4n) is 0.106. The normalized spacial score (nSPS) is 8.31. The van der Waals surface area contributed by atoms with Crippen LogP contribution in [-0.2, 0) is 14.4 Å². The third kappa shape index (κ3) is 10.4. The number of aliphatic carboxylic acids is 2. The molecule has 0 atom stereocenters. The van der Waals surface area contributed by atoms with Crippen LogP contribution in [0.1, 0.15) is 6.92 Å². The lowest BCUT2D eigenvalue weighted by atomic mass is 10.2. The highest BCUT2D eigenvalue weighted by Gasteiger charge is 2.18. The monoisotopic (exact) mass is 191 g/mol. The minimum atomic E-state index is -1.31. The summed E-state index contributed by atoms with van der Waals surface area (Å²) < 4.78 is 0. The largest absolute Gasteiger partial charge is 0.481 e. The van der Waals surface area contributed by atoms with Gasteiger partial charge in [-0.05, 0) is 6.92 Å². The number of carbonyl (C=O) groups is 3. The van der Waals surface area contributed by atoms with Crippen LogP contribution < -0.4 is 0 Å². The second kappa shape index (κ2) is 7.08. The van der Waals surface area contributed by atoms with E-state index in [4.69, 9.17) is 10.2 Å². The molecule has 0 aliphatic heterocycles. The highest BCUT2D eigenvalue weighted by atomic mass is 16.4. The van der Waals surface area contributed by atoms with Crippen molar-refractivity contribution in [3.05, 3.63) is 0 Å². The van der Waals surface area contributed by atoms with E-state index < -0.39 is 17.9 Å². The van der Waals surface area contributed by atoms with Crippen LogP contribution in [0.2, 0.25) is 0 Å². The second-order valence-electron chi connectivity index (χ2n) is 2.47. The lowest BCUT2D eigenvalue weighted by molar-refractivity contribution is -0.153. The van der Waals surface area contributed by atoms with E-state index in [0.29, 0.717) is 0 Å². The van der Waals surface area contributed by atoms with Crippen LogP contribution >= 0.6 is 0 Å². The summed E-state index contributed by atoms with van der Waals surface area (Å²) in [5, 5.41) is 15.9. The van der Waals surface area contributed by atoms with Crippen molar-refractivity contribution in [2.45, 2.75) is 6.92 Å². The first-order valence-corrected chi connectivity index (χ1v) is 3.40. The Morgan fingerprint density at radius 2 is 1.46 bits per heavy atom. The molecule has 0 aliphatic carbocycles. The van der Waals surface area contributed by atoms with Gasteiger partial charge >= 0.3 is 11.9 Å². The van der Waals surface area contributed by atoms with Gasteiger partial charge in [0.15, 0.2) is 5.92 Å². The van der Waals surface area contributed by atoms with E-state index in [1.807, 2.05) is 0 Å². The number of carboxylic acid groups (broad SMARTS) is 2. The Bertz CT molecular complexity index is 175. The predicted octanol–water partition coefficient (Wildman–Crippen LogP) is -0.504. The molecule has 0 aromatic rings. The van der Waals surface area contributed by atoms with Gasteiger partial charge in [-0.1, -0.05) is 0 Å². The quantitative estimate of drug-likeness (QED) is 0.463. The zero-order valence-corrected chi connectivity index (χ0v) is 7.72. The zero-order valence-electron chi connectivity index (χ0n) is 7.72. The number of rotatable bonds is 3. The van der Waals surface area contributed by atoms with Gasteiger partial charge in [0.25, 0.3) is 0 Å². The summed E-state index contributed by atoms with van der Waals surface area (Å²) >= 11 is 0. The van der Waals surface area contributed by atoms with E-state index in [-0.39, 0.29) is 0 Å². The van der Waals surface area contributed by atoms with Crippen LogP contribution in [0.25, 0.3) is 0 Å². The standard InChI is InChI=1S/C4H6O4.C3H7NO/c1-2(3(5)6)4(7)8;1-4(2)3-5/h2H,1H3,(H,5,6)(H,7,8);3H,1-2H3. The van der Waals surface area contributed by atoms with E-state index in [2.05, 4.69) is 0 Å². The lowest BCUT2D eigenvalue weighted by Gasteiger charge is -1.94. The molecule has 6 nitrogen and oxygen atoms in total. The zero-order chi connectivity index (χ0) is 11.0. The van der Waals surface area contributed by atoms with Crippen LogP contribution in [0.5, 0.6) is 0 Å². The molecule has 1 amide bonds. The Hall–Kier alpha value is -1.59. The van der Waals surface area contributed by atoms with E-state index in [1.165, 1.54) is 4.90 Å². The molecule has 0 saturated carbocycles.